The molecule has 1 aliphatic carbocycles. The van der Waals surface area contributed by atoms with Gasteiger partial charge in [0.15, 0.2) is 0 Å². The second-order valence-electron chi connectivity index (χ2n) is 8.83. The Morgan fingerprint density at radius 2 is 2.04 bits per heavy atom. The molecule has 0 radical (unpaired) electrons. The molecule has 156 valence electrons. The monoisotopic (exact) mass is 390 g/mol. The van der Waals surface area contributed by atoms with Gasteiger partial charge in [0.1, 0.15) is 0 Å². The Balaban J connectivity index is 1.33. The molecular weight excluding hydrogens is 356 g/mol. The first kappa shape index (κ1) is 20.0. The van der Waals surface area contributed by atoms with Gasteiger partial charge in [0, 0.05) is 32.6 Å². The van der Waals surface area contributed by atoms with Crippen molar-refractivity contribution in [2.45, 2.75) is 57.0 Å². The summed E-state index contributed by atoms with van der Waals surface area (Å²) in [6, 6.07) is 2.23. The number of amides is 1. The number of fused-ring (bicyclic) bond motifs is 1. The minimum Gasteiger partial charge on any atom is -0.339 e. The van der Waals surface area contributed by atoms with E-state index >= 15 is 0 Å². The Hall–Kier alpha value is -1.28. The molecule has 0 bridgehead atoms. The normalized spacial score (nSPS) is 37.5. The van der Waals surface area contributed by atoms with Crippen molar-refractivity contribution in [1.82, 2.24) is 31.3 Å². The summed E-state index contributed by atoms with van der Waals surface area (Å²) >= 11 is 0. The standard InChI is InChI=1S/C19H34N8O/c20-7-6-14-8-23-18-16(17(21)25-27(18)11-14)19(28)24-15-9-22-12-26(15)10-13-4-2-1-3-5-13/h13-18,22-23,25H,1-6,8-12,21H2,(H,24,28). The fourth-order valence-electron chi connectivity index (χ4n) is 5.23. The average Bonchev–Trinajstić information content (AvgIpc) is 3.25. The molecule has 5 unspecified atom stereocenters. The minimum atomic E-state index is -0.417. The predicted molar refractivity (Wildman–Crippen MR) is 105 cm³/mol. The number of nitriles is 1. The molecule has 6 N–H and O–H groups in total. The van der Waals surface area contributed by atoms with E-state index in [4.69, 9.17) is 11.0 Å². The summed E-state index contributed by atoms with van der Waals surface area (Å²) in [6.45, 7) is 4.14. The van der Waals surface area contributed by atoms with Crippen LogP contribution in [0.4, 0.5) is 0 Å². The largest absolute Gasteiger partial charge is 0.339 e. The third-order valence-corrected chi connectivity index (χ3v) is 6.75. The highest BCUT2D eigenvalue weighted by Crippen LogP contribution is 2.26. The highest BCUT2D eigenvalue weighted by molar-refractivity contribution is 5.80. The van der Waals surface area contributed by atoms with E-state index in [1.165, 1.54) is 32.1 Å². The summed E-state index contributed by atoms with van der Waals surface area (Å²) in [4.78, 5) is 15.5. The number of hydrogen-bond acceptors (Lipinski definition) is 8. The first-order valence-corrected chi connectivity index (χ1v) is 10.8. The van der Waals surface area contributed by atoms with Crippen molar-refractivity contribution in [3.8, 4) is 6.07 Å². The van der Waals surface area contributed by atoms with Gasteiger partial charge in [-0.25, -0.2) is 10.4 Å². The summed E-state index contributed by atoms with van der Waals surface area (Å²) in [6.07, 6.45) is 6.65. The number of nitrogens with zero attached hydrogens (tertiary/aromatic N) is 3. The first-order chi connectivity index (χ1) is 13.7. The van der Waals surface area contributed by atoms with Crippen LogP contribution in [-0.4, -0.2) is 67.2 Å². The van der Waals surface area contributed by atoms with Crippen LogP contribution in [0.25, 0.3) is 0 Å². The Morgan fingerprint density at radius 3 is 2.82 bits per heavy atom. The molecule has 4 rings (SSSR count). The molecule has 0 aromatic heterocycles. The maximum Gasteiger partial charge on any atom is 0.230 e. The lowest BCUT2D eigenvalue weighted by molar-refractivity contribution is -0.128. The average molecular weight is 391 g/mol. The van der Waals surface area contributed by atoms with Crippen LogP contribution in [0.1, 0.15) is 38.5 Å². The lowest BCUT2D eigenvalue weighted by atomic mass is 9.89. The Morgan fingerprint density at radius 1 is 1.21 bits per heavy atom. The quantitative estimate of drug-likeness (QED) is 0.407. The molecule has 9 nitrogen and oxygen atoms in total. The van der Waals surface area contributed by atoms with Crippen molar-refractivity contribution in [2.75, 3.05) is 32.8 Å². The van der Waals surface area contributed by atoms with Crippen LogP contribution >= 0.6 is 0 Å². The second kappa shape index (κ2) is 9.03. The van der Waals surface area contributed by atoms with E-state index in [1.54, 1.807) is 0 Å². The molecule has 0 aromatic rings. The molecule has 0 aromatic carbocycles. The summed E-state index contributed by atoms with van der Waals surface area (Å²) in [5.41, 5.74) is 9.50. The zero-order chi connectivity index (χ0) is 19.5. The van der Waals surface area contributed by atoms with Crippen molar-refractivity contribution in [3.63, 3.8) is 0 Å². The lowest BCUT2D eigenvalue weighted by Crippen LogP contribution is -2.59. The molecule has 1 amide bonds. The molecule has 9 heteroatoms. The Labute approximate surface area is 167 Å². The summed E-state index contributed by atoms with van der Waals surface area (Å²) < 4.78 is 0. The van der Waals surface area contributed by atoms with Crippen molar-refractivity contribution in [1.29, 1.82) is 5.26 Å². The van der Waals surface area contributed by atoms with E-state index < -0.39 is 6.17 Å². The number of nitrogens with two attached hydrogens (primary N) is 1. The van der Waals surface area contributed by atoms with E-state index in [1.807, 2.05) is 5.01 Å². The topological polar surface area (TPSA) is 121 Å². The fraction of sp³-hybridized carbons (Fsp3) is 0.895. The van der Waals surface area contributed by atoms with Gasteiger partial charge in [0.2, 0.25) is 5.91 Å². The van der Waals surface area contributed by atoms with Crippen molar-refractivity contribution >= 4 is 5.91 Å². The van der Waals surface area contributed by atoms with Gasteiger partial charge in [-0.05, 0) is 24.7 Å². The van der Waals surface area contributed by atoms with E-state index in [0.717, 1.165) is 38.8 Å². The molecule has 0 spiro atoms. The summed E-state index contributed by atoms with van der Waals surface area (Å²) in [5.74, 6) is 0.657. The molecule has 1 saturated carbocycles. The van der Waals surface area contributed by atoms with E-state index in [2.05, 4.69) is 32.3 Å². The van der Waals surface area contributed by atoms with Crippen LogP contribution in [0, 0.1) is 29.1 Å². The molecule has 3 heterocycles. The second-order valence-corrected chi connectivity index (χ2v) is 8.83. The number of hydrazine groups is 1. The smallest absolute Gasteiger partial charge is 0.230 e. The van der Waals surface area contributed by atoms with Crippen molar-refractivity contribution < 1.29 is 4.79 Å². The first-order valence-electron chi connectivity index (χ1n) is 10.8. The summed E-state index contributed by atoms with van der Waals surface area (Å²) in [7, 11) is 0. The number of nitrogens with one attached hydrogen (secondary N) is 4. The Bertz CT molecular complexity index is 589. The highest BCUT2D eigenvalue weighted by Gasteiger charge is 2.47. The number of carbonyl (C=O) groups is 1. The van der Waals surface area contributed by atoms with Crippen LogP contribution in [0.2, 0.25) is 0 Å². The van der Waals surface area contributed by atoms with E-state index in [9.17, 15) is 4.79 Å². The van der Waals surface area contributed by atoms with Gasteiger partial charge in [-0.3, -0.25) is 15.0 Å². The van der Waals surface area contributed by atoms with Crippen LogP contribution in [0.3, 0.4) is 0 Å². The Kier molecular flexibility index (Phi) is 6.45. The third kappa shape index (κ3) is 4.32. The van der Waals surface area contributed by atoms with Crippen LogP contribution in [-0.2, 0) is 4.79 Å². The maximum atomic E-state index is 13.1. The number of hydrogen-bond donors (Lipinski definition) is 5. The molecule has 3 aliphatic heterocycles. The molecule has 4 aliphatic rings. The zero-order valence-electron chi connectivity index (χ0n) is 16.6. The van der Waals surface area contributed by atoms with Gasteiger partial charge in [0.05, 0.1) is 37.2 Å². The molecule has 4 fully saturated rings. The molecule has 5 atom stereocenters. The van der Waals surface area contributed by atoms with Crippen LogP contribution in [0.5, 0.6) is 0 Å². The predicted octanol–water partition coefficient (Wildman–Crippen LogP) is -0.948. The molecular formula is C19H34N8O. The summed E-state index contributed by atoms with van der Waals surface area (Å²) in [5, 5.41) is 21.0. The maximum absolute atomic E-state index is 13.1. The lowest BCUT2D eigenvalue weighted by Gasteiger charge is -2.36. The highest BCUT2D eigenvalue weighted by atomic mass is 16.2. The zero-order valence-corrected chi connectivity index (χ0v) is 16.6. The number of carbonyl (C=O) groups excluding carboxylic acids is 1. The van der Waals surface area contributed by atoms with Crippen molar-refractivity contribution in [2.24, 2.45) is 23.5 Å². The third-order valence-electron chi connectivity index (χ3n) is 6.75. The number of rotatable bonds is 5. The van der Waals surface area contributed by atoms with Gasteiger partial charge < -0.3 is 16.4 Å². The van der Waals surface area contributed by atoms with Gasteiger partial charge >= 0.3 is 0 Å². The van der Waals surface area contributed by atoms with Gasteiger partial charge in [-0.1, -0.05) is 19.3 Å². The molecule has 28 heavy (non-hydrogen) atoms. The van der Waals surface area contributed by atoms with Gasteiger partial charge in [0.25, 0.3) is 0 Å². The van der Waals surface area contributed by atoms with Gasteiger partial charge in [-0.2, -0.15) is 5.26 Å². The SMILES string of the molecule is N#CCC1CNC2C(C(=O)NC3CNCN3CC3CCCCC3)C(N)NN2C1. The fourth-order valence-corrected chi connectivity index (χ4v) is 5.23. The van der Waals surface area contributed by atoms with Crippen molar-refractivity contribution in [3.05, 3.63) is 0 Å². The molecule has 3 saturated heterocycles. The van der Waals surface area contributed by atoms with E-state index in [0.29, 0.717) is 6.42 Å². The van der Waals surface area contributed by atoms with Gasteiger partial charge in [-0.15, -0.1) is 0 Å². The van der Waals surface area contributed by atoms with Crippen LogP contribution in [0.15, 0.2) is 0 Å². The van der Waals surface area contributed by atoms with E-state index in [-0.39, 0.29) is 30.1 Å². The van der Waals surface area contributed by atoms with Crippen LogP contribution < -0.4 is 27.1 Å². The minimum absolute atomic E-state index is 0.000998.